The molecule has 0 aliphatic rings. The number of hydrogen-bond acceptors (Lipinski definition) is 3. The number of para-hydroxylation sites is 1. The summed E-state index contributed by atoms with van der Waals surface area (Å²) >= 11 is 0. The molecule has 3 heteroatoms. The number of carbonyl (C=O) groups excluding carboxylic acids is 1. The Morgan fingerprint density at radius 2 is 1.68 bits per heavy atom. The molecule has 0 unspecified atom stereocenters. The van der Waals surface area contributed by atoms with Gasteiger partial charge in [0.05, 0.1) is 13.1 Å². The third-order valence-corrected chi connectivity index (χ3v) is 2.74. The van der Waals surface area contributed by atoms with Gasteiger partial charge in [-0.15, -0.1) is 0 Å². The van der Waals surface area contributed by atoms with E-state index in [-0.39, 0.29) is 5.57 Å². The van der Waals surface area contributed by atoms with Crippen LogP contribution in [0.3, 0.4) is 0 Å². The summed E-state index contributed by atoms with van der Waals surface area (Å²) in [5.74, 6) is -0.589. The predicted molar refractivity (Wildman–Crippen MR) is 72.3 cm³/mol. The Kier molecular flexibility index (Phi) is 3.98. The van der Waals surface area contributed by atoms with Gasteiger partial charge in [-0.25, -0.2) is 0 Å². The number of carboxylic acids is 1. The normalized spacial score (nSPS) is 11.1. The Balaban J connectivity index is 2.51. The van der Waals surface area contributed by atoms with E-state index in [1.807, 2.05) is 18.2 Å². The van der Waals surface area contributed by atoms with Crippen molar-refractivity contribution in [3.63, 3.8) is 0 Å². The molecule has 0 fully saturated rings. The molecule has 3 nitrogen and oxygen atoms in total. The van der Waals surface area contributed by atoms with Crippen molar-refractivity contribution < 1.29 is 14.6 Å². The smallest absolute Gasteiger partial charge is 0.126 e. The van der Waals surface area contributed by atoms with Crippen LogP contribution >= 0.6 is 0 Å². The maximum absolute atomic E-state index is 11.3. The van der Waals surface area contributed by atoms with E-state index in [9.17, 15) is 9.90 Å². The summed E-state index contributed by atoms with van der Waals surface area (Å²) in [5.41, 5.74) is 1.44. The lowest BCUT2D eigenvalue weighted by Gasteiger charge is -2.10. The van der Waals surface area contributed by atoms with Gasteiger partial charge in [-0.3, -0.25) is 0 Å². The molecule has 0 saturated carbocycles. The minimum absolute atomic E-state index is 0.130. The van der Waals surface area contributed by atoms with Crippen LogP contribution in [-0.2, 0) is 4.79 Å². The van der Waals surface area contributed by atoms with Crippen LogP contribution in [0, 0.1) is 0 Å². The molecule has 0 aliphatic carbocycles. The van der Waals surface area contributed by atoms with Gasteiger partial charge in [0.15, 0.2) is 0 Å². The fraction of sp³-hybridized carbons (Fsp3) is 0.0625. The fourth-order valence-corrected chi connectivity index (χ4v) is 1.82. The Morgan fingerprint density at radius 1 is 1.05 bits per heavy atom. The molecular formula is C16H13O3-. The third kappa shape index (κ3) is 3.01. The molecule has 2 aromatic carbocycles. The maximum atomic E-state index is 11.3. The van der Waals surface area contributed by atoms with Crippen LogP contribution in [0.15, 0.2) is 54.6 Å². The molecule has 0 bridgehead atoms. The van der Waals surface area contributed by atoms with Crippen LogP contribution in [0.5, 0.6) is 5.75 Å². The van der Waals surface area contributed by atoms with Gasteiger partial charge in [-0.05, 0) is 17.7 Å². The van der Waals surface area contributed by atoms with Gasteiger partial charge >= 0.3 is 0 Å². The minimum Gasteiger partial charge on any atom is -0.545 e. The third-order valence-electron chi connectivity index (χ3n) is 2.74. The second-order valence-corrected chi connectivity index (χ2v) is 3.95. The van der Waals surface area contributed by atoms with Crippen molar-refractivity contribution in [2.75, 3.05) is 7.11 Å². The van der Waals surface area contributed by atoms with Crippen LogP contribution in [0.1, 0.15) is 11.1 Å². The highest BCUT2D eigenvalue weighted by Crippen LogP contribution is 2.24. The Morgan fingerprint density at radius 3 is 2.32 bits per heavy atom. The molecule has 0 aromatic heterocycles. The van der Waals surface area contributed by atoms with Crippen LogP contribution in [0.25, 0.3) is 11.6 Å². The number of carboxylic acid groups (broad SMARTS) is 1. The molecule has 0 heterocycles. The molecule has 0 amide bonds. The zero-order valence-corrected chi connectivity index (χ0v) is 10.5. The van der Waals surface area contributed by atoms with Gasteiger partial charge in [0, 0.05) is 11.1 Å². The molecule has 0 aliphatic heterocycles. The summed E-state index contributed by atoms with van der Waals surface area (Å²) in [7, 11) is 1.55. The van der Waals surface area contributed by atoms with Crippen LogP contribution in [0.2, 0.25) is 0 Å². The van der Waals surface area contributed by atoms with Crippen molar-refractivity contribution >= 4 is 17.6 Å². The lowest BCUT2D eigenvalue weighted by molar-refractivity contribution is -0.295. The minimum atomic E-state index is -1.21. The monoisotopic (exact) mass is 253 g/mol. The van der Waals surface area contributed by atoms with Crippen LogP contribution in [-0.4, -0.2) is 13.1 Å². The summed E-state index contributed by atoms with van der Waals surface area (Å²) in [6.07, 6.45) is 1.56. The number of aliphatic carboxylic acids is 1. The first-order chi connectivity index (χ1) is 9.22. The number of hydrogen-bond donors (Lipinski definition) is 0. The summed E-state index contributed by atoms with van der Waals surface area (Å²) in [6, 6.07) is 16.1. The van der Waals surface area contributed by atoms with Crippen molar-refractivity contribution in [3.8, 4) is 5.75 Å². The van der Waals surface area contributed by atoms with Gasteiger partial charge in [0.1, 0.15) is 5.75 Å². The Labute approximate surface area is 111 Å². The highest BCUT2D eigenvalue weighted by Gasteiger charge is 2.05. The van der Waals surface area contributed by atoms with Gasteiger partial charge in [-0.1, -0.05) is 48.5 Å². The second kappa shape index (κ2) is 5.87. The summed E-state index contributed by atoms with van der Waals surface area (Å²) in [5, 5.41) is 11.3. The molecule has 2 aromatic rings. The molecule has 0 radical (unpaired) electrons. The first-order valence-electron chi connectivity index (χ1n) is 5.84. The van der Waals surface area contributed by atoms with E-state index in [0.717, 1.165) is 0 Å². The van der Waals surface area contributed by atoms with Crippen molar-refractivity contribution in [1.82, 2.24) is 0 Å². The molecule has 96 valence electrons. The molecular weight excluding hydrogens is 240 g/mol. The van der Waals surface area contributed by atoms with E-state index in [1.54, 1.807) is 49.6 Å². The molecule has 19 heavy (non-hydrogen) atoms. The highest BCUT2D eigenvalue weighted by atomic mass is 16.5. The zero-order chi connectivity index (χ0) is 13.7. The summed E-state index contributed by atoms with van der Waals surface area (Å²) < 4.78 is 5.20. The number of carbonyl (C=O) groups is 1. The highest BCUT2D eigenvalue weighted by molar-refractivity contribution is 6.19. The van der Waals surface area contributed by atoms with Gasteiger partial charge in [0.25, 0.3) is 0 Å². The van der Waals surface area contributed by atoms with E-state index in [4.69, 9.17) is 4.74 Å². The van der Waals surface area contributed by atoms with E-state index in [2.05, 4.69) is 0 Å². The Hall–Kier alpha value is -2.55. The summed E-state index contributed by atoms with van der Waals surface area (Å²) in [6.45, 7) is 0. The molecule has 2 rings (SSSR count). The van der Waals surface area contributed by atoms with E-state index in [0.29, 0.717) is 16.9 Å². The first kappa shape index (κ1) is 12.9. The van der Waals surface area contributed by atoms with Crippen molar-refractivity contribution in [2.45, 2.75) is 0 Å². The lowest BCUT2D eigenvalue weighted by Crippen LogP contribution is -2.23. The van der Waals surface area contributed by atoms with Crippen molar-refractivity contribution in [2.24, 2.45) is 0 Å². The number of ether oxygens (including phenoxy) is 1. The maximum Gasteiger partial charge on any atom is 0.126 e. The van der Waals surface area contributed by atoms with Crippen molar-refractivity contribution in [1.29, 1.82) is 0 Å². The van der Waals surface area contributed by atoms with Gasteiger partial charge < -0.3 is 14.6 Å². The average molecular weight is 253 g/mol. The lowest BCUT2D eigenvalue weighted by atomic mass is 10.0. The molecule has 0 atom stereocenters. The fourth-order valence-electron chi connectivity index (χ4n) is 1.82. The molecule has 0 N–H and O–H groups in total. The standard InChI is InChI=1S/C16H14O3/c1-19-15-10-6-5-9-13(15)11-14(16(17)18)12-7-3-2-4-8-12/h2-11H,1H3,(H,17,18)/p-1/b14-11-. The molecule has 0 saturated heterocycles. The number of rotatable bonds is 4. The van der Waals surface area contributed by atoms with E-state index in [1.165, 1.54) is 0 Å². The SMILES string of the molecule is COc1ccccc1/C=C(\C(=O)[O-])c1ccccc1. The number of methoxy groups -OCH3 is 1. The topological polar surface area (TPSA) is 49.4 Å². The first-order valence-corrected chi connectivity index (χ1v) is 5.84. The predicted octanol–water partition coefficient (Wildman–Crippen LogP) is 1.99. The van der Waals surface area contributed by atoms with Gasteiger partial charge in [-0.2, -0.15) is 0 Å². The van der Waals surface area contributed by atoms with Gasteiger partial charge in [0.2, 0.25) is 0 Å². The quantitative estimate of drug-likeness (QED) is 0.618. The molecule has 0 spiro atoms. The summed E-state index contributed by atoms with van der Waals surface area (Å²) in [4.78, 5) is 11.3. The van der Waals surface area contributed by atoms with Crippen molar-refractivity contribution in [3.05, 3.63) is 65.7 Å². The van der Waals surface area contributed by atoms with Crippen LogP contribution in [0.4, 0.5) is 0 Å². The zero-order valence-electron chi connectivity index (χ0n) is 10.5. The Bertz CT molecular complexity index is 600. The van der Waals surface area contributed by atoms with Crippen LogP contribution < -0.4 is 9.84 Å². The number of benzene rings is 2. The average Bonchev–Trinajstić information content (AvgIpc) is 2.45. The largest absolute Gasteiger partial charge is 0.545 e. The second-order valence-electron chi connectivity index (χ2n) is 3.95. The van der Waals surface area contributed by atoms with E-state index < -0.39 is 5.97 Å². The van der Waals surface area contributed by atoms with E-state index >= 15 is 0 Å².